The molecule has 0 bridgehead atoms. The number of nitrogens with one attached hydrogen (secondary N) is 1. The first-order chi connectivity index (χ1) is 10.1. The first kappa shape index (κ1) is 14.4. The Balaban J connectivity index is 1.83. The highest BCUT2D eigenvalue weighted by atomic mass is 32.2. The Bertz CT molecular complexity index is 740. The van der Waals surface area contributed by atoms with E-state index in [0.29, 0.717) is 18.4 Å². The van der Waals surface area contributed by atoms with Gasteiger partial charge in [-0.25, -0.2) is 13.1 Å². The van der Waals surface area contributed by atoms with Crippen LogP contribution in [0.25, 0.3) is 10.8 Å². The number of benzene rings is 1. The number of aliphatic hydroxyl groups excluding tert-OH is 1. The van der Waals surface area contributed by atoms with Gasteiger partial charge in [0.05, 0.1) is 11.0 Å². The maximum Gasteiger partial charge on any atom is 0.241 e. The highest BCUT2D eigenvalue weighted by Gasteiger charge is 2.25. The summed E-state index contributed by atoms with van der Waals surface area (Å²) in [4.78, 5) is 4.29. The van der Waals surface area contributed by atoms with Crippen LogP contribution in [0.2, 0.25) is 0 Å². The molecular formula is C15H18N2O3S. The molecule has 1 aromatic heterocycles. The Kier molecular flexibility index (Phi) is 3.93. The van der Waals surface area contributed by atoms with Crippen LogP contribution in [0.5, 0.6) is 0 Å². The van der Waals surface area contributed by atoms with Crippen LogP contribution in [0.1, 0.15) is 19.3 Å². The van der Waals surface area contributed by atoms with Crippen molar-refractivity contribution in [2.75, 3.05) is 6.54 Å². The maximum atomic E-state index is 12.5. The van der Waals surface area contributed by atoms with Gasteiger partial charge in [-0.3, -0.25) is 4.98 Å². The Morgan fingerprint density at radius 2 is 2.14 bits per heavy atom. The van der Waals surface area contributed by atoms with E-state index in [1.165, 1.54) is 0 Å². The number of pyridine rings is 1. The lowest BCUT2D eigenvalue weighted by Gasteiger charge is -2.13. The molecular weight excluding hydrogens is 288 g/mol. The standard InChI is InChI=1S/C15H18N2O3S/c18-13-5-4-11(8-13)9-17-21(19,20)15-3-1-2-12-10-16-7-6-14(12)15/h1-3,6-7,10-11,13,17-18H,4-5,8-9H2. The van der Waals surface area contributed by atoms with E-state index >= 15 is 0 Å². The number of hydrogen-bond acceptors (Lipinski definition) is 4. The van der Waals surface area contributed by atoms with E-state index in [-0.39, 0.29) is 16.9 Å². The molecule has 1 saturated carbocycles. The molecule has 2 atom stereocenters. The van der Waals surface area contributed by atoms with Crippen molar-refractivity contribution in [1.82, 2.24) is 9.71 Å². The molecule has 3 rings (SSSR count). The molecule has 1 heterocycles. The lowest BCUT2D eigenvalue weighted by molar-refractivity contribution is 0.178. The summed E-state index contributed by atoms with van der Waals surface area (Å²) in [5.41, 5.74) is 0. The van der Waals surface area contributed by atoms with Crippen LogP contribution in [0, 0.1) is 5.92 Å². The second-order valence-electron chi connectivity index (χ2n) is 5.54. The Morgan fingerprint density at radius 3 is 2.90 bits per heavy atom. The molecule has 112 valence electrons. The van der Waals surface area contributed by atoms with Gasteiger partial charge in [-0.2, -0.15) is 0 Å². The van der Waals surface area contributed by atoms with Crippen molar-refractivity contribution in [3.63, 3.8) is 0 Å². The minimum absolute atomic E-state index is 0.214. The molecule has 2 N–H and O–H groups in total. The van der Waals surface area contributed by atoms with E-state index in [2.05, 4.69) is 9.71 Å². The van der Waals surface area contributed by atoms with Gasteiger partial charge in [0, 0.05) is 29.7 Å². The zero-order chi connectivity index (χ0) is 14.9. The van der Waals surface area contributed by atoms with E-state index in [1.807, 2.05) is 6.07 Å². The van der Waals surface area contributed by atoms with E-state index in [1.54, 1.807) is 30.6 Å². The lowest BCUT2D eigenvalue weighted by Crippen LogP contribution is -2.29. The Labute approximate surface area is 124 Å². The van der Waals surface area contributed by atoms with Gasteiger partial charge in [0.1, 0.15) is 0 Å². The maximum absolute atomic E-state index is 12.5. The summed E-state index contributed by atoms with van der Waals surface area (Å²) in [6, 6.07) is 6.88. The molecule has 21 heavy (non-hydrogen) atoms. The fourth-order valence-electron chi connectivity index (χ4n) is 2.87. The number of nitrogens with zero attached hydrogens (tertiary/aromatic N) is 1. The van der Waals surface area contributed by atoms with Crippen molar-refractivity contribution < 1.29 is 13.5 Å². The molecule has 6 heteroatoms. The minimum Gasteiger partial charge on any atom is -0.393 e. The van der Waals surface area contributed by atoms with Gasteiger partial charge < -0.3 is 5.11 Å². The normalized spacial score (nSPS) is 22.7. The monoisotopic (exact) mass is 306 g/mol. The molecule has 1 fully saturated rings. The van der Waals surface area contributed by atoms with E-state index in [9.17, 15) is 13.5 Å². The number of aromatic nitrogens is 1. The molecule has 1 aliphatic carbocycles. The summed E-state index contributed by atoms with van der Waals surface area (Å²) in [6.07, 6.45) is 5.25. The second-order valence-corrected chi connectivity index (χ2v) is 7.27. The zero-order valence-electron chi connectivity index (χ0n) is 11.6. The number of fused-ring (bicyclic) bond motifs is 1. The zero-order valence-corrected chi connectivity index (χ0v) is 12.4. The molecule has 0 aliphatic heterocycles. The predicted molar refractivity (Wildman–Crippen MR) is 80.3 cm³/mol. The van der Waals surface area contributed by atoms with Crippen molar-refractivity contribution >= 4 is 20.8 Å². The number of rotatable bonds is 4. The molecule has 1 aliphatic rings. The predicted octanol–water partition coefficient (Wildman–Crippen LogP) is 1.67. The van der Waals surface area contributed by atoms with Gasteiger partial charge in [-0.05, 0) is 37.3 Å². The fraction of sp³-hybridized carbons (Fsp3) is 0.400. The molecule has 1 aromatic carbocycles. The van der Waals surface area contributed by atoms with E-state index in [0.717, 1.165) is 18.2 Å². The van der Waals surface area contributed by atoms with Crippen LogP contribution >= 0.6 is 0 Å². The summed E-state index contributed by atoms with van der Waals surface area (Å²) in [6.45, 7) is 0.376. The molecule has 0 saturated heterocycles. The van der Waals surface area contributed by atoms with Gasteiger partial charge >= 0.3 is 0 Å². The minimum atomic E-state index is -3.55. The van der Waals surface area contributed by atoms with Crippen LogP contribution in [0.15, 0.2) is 41.6 Å². The molecule has 5 nitrogen and oxygen atoms in total. The van der Waals surface area contributed by atoms with Crippen molar-refractivity contribution in [3.8, 4) is 0 Å². The summed E-state index contributed by atoms with van der Waals surface area (Å²) in [5, 5.41) is 11.0. The van der Waals surface area contributed by atoms with Gasteiger partial charge in [-0.15, -0.1) is 0 Å². The third-order valence-electron chi connectivity index (χ3n) is 4.01. The molecule has 2 aromatic rings. The van der Waals surface area contributed by atoms with Crippen molar-refractivity contribution in [2.45, 2.75) is 30.3 Å². The number of hydrogen-bond donors (Lipinski definition) is 2. The first-order valence-electron chi connectivity index (χ1n) is 7.07. The lowest BCUT2D eigenvalue weighted by atomic mass is 10.1. The molecule has 0 radical (unpaired) electrons. The van der Waals surface area contributed by atoms with E-state index < -0.39 is 10.0 Å². The highest BCUT2D eigenvalue weighted by Crippen LogP contribution is 2.26. The van der Waals surface area contributed by atoms with Crippen LogP contribution < -0.4 is 4.72 Å². The quantitative estimate of drug-likeness (QED) is 0.900. The third-order valence-corrected chi connectivity index (χ3v) is 5.49. The molecule has 2 unspecified atom stereocenters. The first-order valence-corrected chi connectivity index (χ1v) is 8.55. The van der Waals surface area contributed by atoms with Gasteiger partial charge in [0.25, 0.3) is 0 Å². The molecule has 0 amide bonds. The van der Waals surface area contributed by atoms with Crippen molar-refractivity contribution in [2.24, 2.45) is 5.92 Å². The number of aliphatic hydroxyl groups is 1. The topological polar surface area (TPSA) is 79.3 Å². The van der Waals surface area contributed by atoms with Crippen LogP contribution in [-0.4, -0.2) is 31.2 Å². The van der Waals surface area contributed by atoms with Crippen LogP contribution in [0.3, 0.4) is 0 Å². The Hall–Kier alpha value is -1.50. The summed E-state index contributed by atoms with van der Waals surface area (Å²) in [5.74, 6) is 0.214. The van der Waals surface area contributed by atoms with Gasteiger partial charge in [0.15, 0.2) is 0 Å². The van der Waals surface area contributed by atoms with E-state index in [4.69, 9.17) is 0 Å². The SMILES string of the molecule is O=S(=O)(NCC1CCC(O)C1)c1cccc2cnccc12. The largest absolute Gasteiger partial charge is 0.393 e. The average Bonchev–Trinajstić information content (AvgIpc) is 2.90. The van der Waals surface area contributed by atoms with Gasteiger partial charge in [-0.1, -0.05) is 12.1 Å². The smallest absolute Gasteiger partial charge is 0.241 e. The fourth-order valence-corrected chi connectivity index (χ4v) is 4.21. The summed E-state index contributed by atoms with van der Waals surface area (Å²) >= 11 is 0. The Morgan fingerprint density at radius 1 is 1.29 bits per heavy atom. The van der Waals surface area contributed by atoms with Crippen molar-refractivity contribution in [1.29, 1.82) is 0 Å². The summed E-state index contributed by atoms with van der Waals surface area (Å²) in [7, 11) is -3.55. The average molecular weight is 306 g/mol. The van der Waals surface area contributed by atoms with Crippen LogP contribution in [-0.2, 0) is 10.0 Å². The van der Waals surface area contributed by atoms with Crippen LogP contribution in [0.4, 0.5) is 0 Å². The second kappa shape index (κ2) is 5.71. The van der Waals surface area contributed by atoms with Gasteiger partial charge in [0.2, 0.25) is 10.0 Å². The third kappa shape index (κ3) is 3.07. The van der Waals surface area contributed by atoms with Crippen molar-refractivity contribution in [3.05, 3.63) is 36.7 Å². The highest BCUT2D eigenvalue weighted by molar-refractivity contribution is 7.89. The summed E-state index contributed by atoms with van der Waals surface area (Å²) < 4.78 is 27.7. The number of sulfonamides is 1. The molecule has 0 spiro atoms.